The van der Waals surface area contributed by atoms with E-state index in [1.807, 2.05) is 24.3 Å². The minimum Gasteiger partial charge on any atom is -0.496 e. The molecule has 0 fully saturated rings. The van der Waals surface area contributed by atoms with E-state index in [1.54, 1.807) is 31.4 Å². The number of methoxy groups -OCH3 is 1. The summed E-state index contributed by atoms with van der Waals surface area (Å²) in [4.78, 5) is 22.9. The van der Waals surface area contributed by atoms with Crippen LogP contribution in [0.4, 0.5) is 5.69 Å². The summed E-state index contributed by atoms with van der Waals surface area (Å²) in [6.45, 7) is 0. The number of thioether (sulfide) groups is 1. The van der Waals surface area contributed by atoms with E-state index in [2.05, 4.69) is 5.32 Å². The van der Waals surface area contributed by atoms with Gasteiger partial charge in [-0.2, -0.15) is 0 Å². The molecule has 0 aromatic heterocycles. The van der Waals surface area contributed by atoms with E-state index in [0.29, 0.717) is 22.8 Å². The molecule has 0 heterocycles. The summed E-state index contributed by atoms with van der Waals surface area (Å²) in [5, 5.41) is 2.78. The Morgan fingerprint density at radius 3 is 2.48 bits per heavy atom. The Morgan fingerprint density at radius 2 is 1.83 bits per heavy atom. The first kappa shape index (κ1) is 16.9. The lowest BCUT2D eigenvalue weighted by molar-refractivity contribution is -0.113. The first-order valence-corrected chi connectivity index (χ1v) is 8.15. The Labute approximate surface area is 139 Å². The molecule has 0 unspecified atom stereocenters. The second kappa shape index (κ2) is 8.24. The van der Waals surface area contributed by atoms with Gasteiger partial charge in [0, 0.05) is 22.6 Å². The lowest BCUT2D eigenvalue weighted by Gasteiger charge is -2.08. The van der Waals surface area contributed by atoms with Crippen LogP contribution in [-0.2, 0) is 10.5 Å². The Bertz CT molecular complexity index is 686. The van der Waals surface area contributed by atoms with Crippen molar-refractivity contribution in [3.63, 3.8) is 0 Å². The number of hydrogen-bond donors (Lipinski definition) is 2. The summed E-state index contributed by atoms with van der Waals surface area (Å²) < 4.78 is 5.28. The maximum absolute atomic E-state index is 11.9. The largest absolute Gasteiger partial charge is 0.496 e. The summed E-state index contributed by atoms with van der Waals surface area (Å²) in [6.07, 6.45) is 0. The van der Waals surface area contributed by atoms with Crippen LogP contribution in [0.15, 0.2) is 48.5 Å². The van der Waals surface area contributed by atoms with Crippen molar-refractivity contribution in [3.8, 4) is 5.75 Å². The molecule has 0 saturated carbocycles. The van der Waals surface area contributed by atoms with Crippen molar-refractivity contribution in [1.29, 1.82) is 0 Å². The Hall–Kier alpha value is -2.47. The number of nitrogens with two attached hydrogens (primary N) is 1. The maximum atomic E-state index is 11.9. The van der Waals surface area contributed by atoms with Crippen molar-refractivity contribution in [3.05, 3.63) is 59.7 Å². The highest BCUT2D eigenvalue weighted by atomic mass is 32.2. The topological polar surface area (TPSA) is 81.4 Å². The third kappa shape index (κ3) is 5.03. The summed E-state index contributed by atoms with van der Waals surface area (Å²) in [5.74, 6) is 1.25. The van der Waals surface area contributed by atoms with E-state index in [1.165, 1.54) is 11.8 Å². The molecule has 0 bridgehead atoms. The fraction of sp³-hybridized carbons (Fsp3) is 0.176. The van der Waals surface area contributed by atoms with E-state index in [4.69, 9.17) is 10.5 Å². The van der Waals surface area contributed by atoms with Crippen molar-refractivity contribution in [2.75, 3.05) is 18.2 Å². The lowest BCUT2D eigenvalue weighted by atomic mass is 10.2. The molecule has 23 heavy (non-hydrogen) atoms. The Balaban J connectivity index is 1.82. The molecule has 120 valence electrons. The highest BCUT2D eigenvalue weighted by Gasteiger charge is 2.06. The molecule has 3 N–H and O–H groups in total. The maximum Gasteiger partial charge on any atom is 0.248 e. The van der Waals surface area contributed by atoms with Gasteiger partial charge in [-0.1, -0.05) is 18.2 Å². The third-order valence-corrected chi connectivity index (χ3v) is 4.12. The number of para-hydroxylation sites is 1. The van der Waals surface area contributed by atoms with E-state index < -0.39 is 5.91 Å². The number of benzene rings is 2. The highest BCUT2D eigenvalue weighted by Crippen LogP contribution is 2.22. The number of ether oxygens (including phenoxy) is 1. The van der Waals surface area contributed by atoms with Gasteiger partial charge in [0.25, 0.3) is 0 Å². The van der Waals surface area contributed by atoms with Gasteiger partial charge in [-0.25, -0.2) is 0 Å². The van der Waals surface area contributed by atoms with E-state index in [9.17, 15) is 9.59 Å². The van der Waals surface area contributed by atoms with Crippen LogP contribution in [0.5, 0.6) is 5.75 Å². The highest BCUT2D eigenvalue weighted by molar-refractivity contribution is 7.99. The molecule has 5 nitrogen and oxygen atoms in total. The molecule has 0 spiro atoms. The number of anilines is 1. The standard InChI is InChI=1S/C17H18N2O3S/c1-22-15-5-3-2-4-13(15)10-23-11-16(20)19-14-8-6-12(7-9-14)17(18)21/h2-9H,10-11H2,1H3,(H2,18,21)(H,19,20). The zero-order chi connectivity index (χ0) is 16.7. The van der Waals surface area contributed by atoms with Crippen molar-refractivity contribution >= 4 is 29.3 Å². The molecule has 0 aliphatic carbocycles. The van der Waals surface area contributed by atoms with E-state index in [-0.39, 0.29) is 5.91 Å². The second-order valence-corrected chi connectivity index (χ2v) is 5.78. The van der Waals surface area contributed by atoms with Gasteiger partial charge in [0.05, 0.1) is 12.9 Å². The van der Waals surface area contributed by atoms with Crippen LogP contribution in [0.1, 0.15) is 15.9 Å². The smallest absolute Gasteiger partial charge is 0.248 e. The van der Waals surface area contributed by atoms with Gasteiger partial charge < -0.3 is 15.8 Å². The van der Waals surface area contributed by atoms with Crippen molar-refractivity contribution in [2.45, 2.75) is 5.75 Å². The predicted octanol–water partition coefficient (Wildman–Crippen LogP) is 2.67. The first-order valence-electron chi connectivity index (χ1n) is 6.99. The van der Waals surface area contributed by atoms with Crippen LogP contribution in [-0.4, -0.2) is 24.7 Å². The van der Waals surface area contributed by atoms with Crippen LogP contribution >= 0.6 is 11.8 Å². The number of nitrogens with one attached hydrogen (secondary N) is 1. The number of amides is 2. The molecule has 0 radical (unpaired) electrons. The van der Waals surface area contributed by atoms with Crippen LogP contribution in [0, 0.1) is 0 Å². The lowest BCUT2D eigenvalue weighted by Crippen LogP contribution is -2.15. The van der Waals surface area contributed by atoms with E-state index in [0.717, 1.165) is 11.3 Å². The van der Waals surface area contributed by atoms with E-state index >= 15 is 0 Å². The predicted molar refractivity (Wildman–Crippen MR) is 92.7 cm³/mol. The molecule has 0 aliphatic heterocycles. The molecule has 2 amide bonds. The zero-order valence-corrected chi connectivity index (χ0v) is 13.6. The molecular weight excluding hydrogens is 312 g/mol. The van der Waals surface area contributed by atoms with Gasteiger partial charge >= 0.3 is 0 Å². The van der Waals surface area contributed by atoms with Crippen LogP contribution in [0.25, 0.3) is 0 Å². The van der Waals surface area contributed by atoms with Gasteiger partial charge in [-0.15, -0.1) is 11.8 Å². The van der Waals surface area contributed by atoms with Gasteiger partial charge in [0.1, 0.15) is 5.75 Å². The zero-order valence-electron chi connectivity index (χ0n) is 12.7. The van der Waals surface area contributed by atoms with Crippen LogP contribution in [0.3, 0.4) is 0 Å². The second-order valence-electron chi connectivity index (χ2n) is 4.79. The van der Waals surface area contributed by atoms with Crippen LogP contribution < -0.4 is 15.8 Å². The number of hydrogen-bond acceptors (Lipinski definition) is 4. The average Bonchev–Trinajstić information content (AvgIpc) is 2.55. The quantitative estimate of drug-likeness (QED) is 0.818. The Kier molecular flexibility index (Phi) is 6.05. The number of carbonyl (C=O) groups excluding carboxylic acids is 2. The summed E-state index contributed by atoms with van der Waals surface area (Å²) in [7, 11) is 1.63. The summed E-state index contributed by atoms with van der Waals surface area (Å²) in [5.41, 5.74) is 7.27. The number of rotatable bonds is 7. The first-order chi connectivity index (χ1) is 11.1. The molecule has 0 atom stereocenters. The Morgan fingerprint density at radius 1 is 1.13 bits per heavy atom. The molecule has 2 aromatic rings. The summed E-state index contributed by atoms with van der Waals surface area (Å²) >= 11 is 1.51. The molecule has 2 rings (SSSR count). The minimum atomic E-state index is -0.491. The monoisotopic (exact) mass is 330 g/mol. The third-order valence-electron chi connectivity index (χ3n) is 3.14. The molecule has 0 saturated heterocycles. The molecular formula is C17H18N2O3S. The normalized spacial score (nSPS) is 10.1. The van der Waals surface area contributed by atoms with Gasteiger partial charge in [-0.05, 0) is 30.3 Å². The fourth-order valence-electron chi connectivity index (χ4n) is 1.99. The minimum absolute atomic E-state index is 0.100. The SMILES string of the molecule is COc1ccccc1CSCC(=O)Nc1ccc(C(N)=O)cc1. The molecule has 0 aliphatic rings. The number of primary amides is 1. The molecule has 2 aromatic carbocycles. The van der Waals surface area contributed by atoms with Gasteiger partial charge in [0.15, 0.2) is 0 Å². The van der Waals surface area contributed by atoms with Gasteiger partial charge in [0.2, 0.25) is 11.8 Å². The van der Waals surface area contributed by atoms with Crippen LogP contribution in [0.2, 0.25) is 0 Å². The number of carbonyl (C=O) groups is 2. The molecule has 6 heteroatoms. The van der Waals surface area contributed by atoms with Crippen molar-refractivity contribution in [2.24, 2.45) is 5.73 Å². The van der Waals surface area contributed by atoms with Gasteiger partial charge in [-0.3, -0.25) is 9.59 Å². The van der Waals surface area contributed by atoms with Crippen molar-refractivity contribution in [1.82, 2.24) is 0 Å². The average molecular weight is 330 g/mol. The summed E-state index contributed by atoms with van der Waals surface area (Å²) in [6, 6.07) is 14.2. The van der Waals surface area contributed by atoms with Crippen molar-refractivity contribution < 1.29 is 14.3 Å². The fourth-order valence-corrected chi connectivity index (χ4v) is 2.81.